The summed E-state index contributed by atoms with van der Waals surface area (Å²) < 4.78 is 0.608. The third-order valence-corrected chi connectivity index (χ3v) is 4.53. The summed E-state index contributed by atoms with van der Waals surface area (Å²) in [6.07, 6.45) is 0.861. The van der Waals surface area contributed by atoms with Gasteiger partial charge >= 0.3 is 0 Å². The summed E-state index contributed by atoms with van der Waals surface area (Å²) in [6.45, 7) is 4.05. The van der Waals surface area contributed by atoms with Crippen LogP contribution in [0.1, 0.15) is 27.9 Å². The van der Waals surface area contributed by atoms with Crippen molar-refractivity contribution in [3.63, 3.8) is 0 Å². The first-order valence-electron chi connectivity index (χ1n) is 5.84. The minimum atomic E-state index is -0.212. The molecule has 0 aliphatic rings. The van der Waals surface area contributed by atoms with Crippen molar-refractivity contribution in [1.29, 1.82) is 0 Å². The Morgan fingerprint density at radius 2 is 2.26 bits per heavy atom. The molecule has 0 radical (unpaired) electrons. The number of nitrogens with two attached hydrogens (primary N) is 1. The van der Waals surface area contributed by atoms with Gasteiger partial charge in [0.1, 0.15) is 0 Å². The van der Waals surface area contributed by atoms with E-state index in [2.05, 4.69) is 26.2 Å². The van der Waals surface area contributed by atoms with E-state index in [0.717, 1.165) is 17.0 Å². The molecule has 0 saturated heterocycles. The van der Waals surface area contributed by atoms with Crippen LogP contribution in [0, 0.1) is 6.92 Å². The zero-order chi connectivity index (χ0) is 14.0. The molecule has 1 aromatic carbocycles. The first kappa shape index (κ1) is 14.0. The average Bonchev–Trinajstić information content (AvgIpc) is 2.72. The zero-order valence-corrected chi connectivity index (χ0v) is 13.1. The third-order valence-electron chi connectivity index (χ3n) is 2.72. The molecule has 6 heteroatoms. The first-order valence-corrected chi connectivity index (χ1v) is 7.45. The maximum absolute atomic E-state index is 12.2. The normalized spacial score (nSPS) is 10.5. The number of hydrogen-bond donors (Lipinski definition) is 2. The van der Waals surface area contributed by atoms with Crippen LogP contribution >= 0.6 is 27.3 Å². The number of thiazole rings is 1. The smallest absolute Gasteiger partial charge is 0.258 e. The van der Waals surface area contributed by atoms with Crippen molar-refractivity contribution in [3.8, 4) is 0 Å². The molecule has 1 amide bonds. The Kier molecular flexibility index (Phi) is 4.21. The van der Waals surface area contributed by atoms with Gasteiger partial charge < -0.3 is 5.73 Å². The summed E-state index contributed by atoms with van der Waals surface area (Å²) in [5.74, 6) is -0.212. The van der Waals surface area contributed by atoms with Gasteiger partial charge in [-0.05, 0) is 41.4 Å². The Bertz CT molecular complexity index is 624. The number of nitrogens with one attached hydrogen (secondary N) is 1. The third kappa shape index (κ3) is 2.96. The van der Waals surface area contributed by atoms with E-state index in [9.17, 15) is 4.79 Å². The lowest BCUT2D eigenvalue weighted by Gasteiger charge is -2.06. The molecule has 0 fully saturated rings. The minimum absolute atomic E-state index is 0.212. The number of nitrogen functional groups attached to an aromatic ring is 1. The maximum atomic E-state index is 12.2. The van der Waals surface area contributed by atoms with Gasteiger partial charge in [-0.2, -0.15) is 0 Å². The van der Waals surface area contributed by atoms with Crippen molar-refractivity contribution in [3.05, 3.63) is 38.8 Å². The van der Waals surface area contributed by atoms with E-state index in [1.54, 1.807) is 18.2 Å². The highest BCUT2D eigenvalue weighted by molar-refractivity contribution is 9.10. The lowest BCUT2D eigenvalue weighted by Crippen LogP contribution is -2.13. The molecule has 0 unspecified atom stereocenters. The number of amides is 1. The molecule has 0 bridgehead atoms. The van der Waals surface area contributed by atoms with Gasteiger partial charge in [0.25, 0.3) is 5.91 Å². The van der Waals surface area contributed by atoms with Crippen LogP contribution in [0.4, 0.5) is 10.8 Å². The van der Waals surface area contributed by atoms with Crippen molar-refractivity contribution in [2.75, 3.05) is 11.1 Å². The average molecular weight is 340 g/mol. The highest BCUT2D eigenvalue weighted by Crippen LogP contribution is 2.26. The van der Waals surface area contributed by atoms with Crippen LogP contribution in [0.3, 0.4) is 0 Å². The van der Waals surface area contributed by atoms with Crippen molar-refractivity contribution in [2.24, 2.45) is 0 Å². The molecule has 2 rings (SSSR count). The summed E-state index contributed by atoms with van der Waals surface area (Å²) in [7, 11) is 0. The number of hydrogen-bond acceptors (Lipinski definition) is 4. The van der Waals surface area contributed by atoms with Gasteiger partial charge in [-0.25, -0.2) is 4.98 Å². The summed E-state index contributed by atoms with van der Waals surface area (Å²) in [5, 5.41) is 3.42. The fourth-order valence-corrected chi connectivity index (χ4v) is 3.04. The molecule has 1 heterocycles. The molecule has 0 aliphatic heterocycles. The van der Waals surface area contributed by atoms with Gasteiger partial charge in [0.05, 0.1) is 15.7 Å². The summed E-state index contributed by atoms with van der Waals surface area (Å²) in [5.41, 5.74) is 7.83. The number of carbonyl (C=O) groups is 1. The van der Waals surface area contributed by atoms with Crippen LogP contribution in [0.15, 0.2) is 22.7 Å². The van der Waals surface area contributed by atoms with Gasteiger partial charge in [-0.1, -0.05) is 13.0 Å². The van der Waals surface area contributed by atoms with Crippen LogP contribution in [-0.2, 0) is 6.42 Å². The first-order chi connectivity index (χ1) is 9.02. The second-order valence-electron chi connectivity index (χ2n) is 4.04. The van der Waals surface area contributed by atoms with Crippen molar-refractivity contribution in [2.45, 2.75) is 20.3 Å². The maximum Gasteiger partial charge on any atom is 0.258 e. The van der Waals surface area contributed by atoms with Gasteiger partial charge in [0, 0.05) is 10.6 Å². The second-order valence-corrected chi connectivity index (χ2v) is 6.03. The van der Waals surface area contributed by atoms with Crippen molar-refractivity contribution in [1.82, 2.24) is 4.98 Å². The van der Waals surface area contributed by atoms with Crippen LogP contribution in [0.5, 0.6) is 0 Å². The predicted molar refractivity (Wildman–Crippen MR) is 82.7 cm³/mol. The second kappa shape index (κ2) is 5.71. The molecule has 3 N–H and O–H groups in total. The molecule has 4 nitrogen and oxygen atoms in total. The van der Waals surface area contributed by atoms with Gasteiger partial charge in [0.2, 0.25) is 0 Å². The number of benzene rings is 1. The minimum Gasteiger partial charge on any atom is -0.398 e. The monoisotopic (exact) mass is 339 g/mol. The number of carbonyl (C=O) groups excluding carboxylic acids is 1. The number of nitrogens with zero attached hydrogens (tertiary/aromatic N) is 1. The number of aryl methyl sites for hydroxylation is 2. The van der Waals surface area contributed by atoms with E-state index in [-0.39, 0.29) is 5.91 Å². The van der Waals surface area contributed by atoms with Crippen molar-refractivity contribution < 1.29 is 4.79 Å². The van der Waals surface area contributed by atoms with E-state index in [0.29, 0.717) is 20.9 Å². The van der Waals surface area contributed by atoms with E-state index in [4.69, 9.17) is 5.73 Å². The molecule has 19 heavy (non-hydrogen) atoms. The van der Waals surface area contributed by atoms with E-state index < -0.39 is 0 Å². The quantitative estimate of drug-likeness (QED) is 0.839. The van der Waals surface area contributed by atoms with Crippen LogP contribution < -0.4 is 11.1 Å². The molecular weight excluding hydrogens is 326 g/mol. The number of rotatable bonds is 3. The van der Waals surface area contributed by atoms with E-state index >= 15 is 0 Å². The number of halogens is 1. The van der Waals surface area contributed by atoms with Crippen LogP contribution in [0.2, 0.25) is 0 Å². The topological polar surface area (TPSA) is 68.0 Å². The number of aromatic nitrogens is 1. The standard InChI is InChI=1S/C13H14BrN3OS/c1-3-10-7(2)19-13(16-10)17-12(18)8-5-4-6-9(15)11(8)14/h4-6H,3,15H2,1-2H3,(H,16,17,18). The molecule has 0 saturated carbocycles. The van der Waals surface area contributed by atoms with Gasteiger partial charge in [-0.15, -0.1) is 11.3 Å². The number of anilines is 2. The SMILES string of the molecule is CCc1nc(NC(=O)c2cccc(N)c2Br)sc1C. The molecule has 0 aliphatic carbocycles. The fourth-order valence-electron chi connectivity index (χ4n) is 1.70. The molecule has 0 atom stereocenters. The largest absolute Gasteiger partial charge is 0.398 e. The Balaban J connectivity index is 2.23. The molecular formula is C13H14BrN3OS. The lowest BCUT2D eigenvalue weighted by atomic mass is 10.2. The Hall–Kier alpha value is -1.40. The molecule has 100 valence electrons. The summed E-state index contributed by atoms with van der Waals surface area (Å²) >= 11 is 4.81. The lowest BCUT2D eigenvalue weighted by molar-refractivity contribution is 0.102. The molecule has 1 aromatic heterocycles. The summed E-state index contributed by atoms with van der Waals surface area (Å²) in [4.78, 5) is 17.7. The van der Waals surface area contributed by atoms with Gasteiger partial charge in [-0.3, -0.25) is 10.1 Å². The highest BCUT2D eigenvalue weighted by atomic mass is 79.9. The van der Waals surface area contributed by atoms with Gasteiger partial charge in [0.15, 0.2) is 5.13 Å². The van der Waals surface area contributed by atoms with E-state index in [1.807, 2.05) is 13.8 Å². The fraction of sp³-hybridized carbons (Fsp3) is 0.231. The van der Waals surface area contributed by atoms with Crippen LogP contribution in [-0.4, -0.2) is 10.9 Å². The van der Waals surface area contributed by atoms with Crippen LogP contribution in [0.25, 0.3) is 0 Å². The summed E-state index contributed by atoms with van der Waals surface area (Å²) in [6, 6.07) is 5.21. The zero-order valence-electron chi connectivity index (χ0n) is 10.7. The molecule has 0 spiro atoms. The highest BCUT2D eigenvalue weighted by Gasteiger charge is 2.14. The molecule has 2 aromatic rings. The Labute approximate surface area is 124 Å². The van der Waals surface area contributed by atoms with Crippen molar-refractivity contribution >= 4 is 44.0 Å². The van der Waals surface area contributed by atoms with E-state index in [1.165, 1.54) is 11.3 Å². The Morgan fingerprint density at radius 3 is 2.89 bits per heavy atom. The Morgan fingerprint density at radius 1 is 1.53 bits per heavy atom. The predicted octanol–water partition coefficient (Wildman–Crippen LogP) is 3.61.